The molecule has 0 heterocycles. The number of hydrogen-bond acceptors (Lipinski definition) is 9. The van der Waals surface area contributed by atoms with Gasteiger partial charge in [-0.25, -0.2) is 8.42 Å². The van der Waals surface area contributed by atoms with Gasteiger partial charge in [0.15, 0.2) is 0 Å². The first-order valence-electron chi connectivity index (χ1n) is 9.46. The highest BCUT2D eigenvalue weighted by atomic mass is 32.2. The van der Waals surface area contributed by atoms with E-state index in [0.717, 1.165) is 6.92 Å². The average Bonchev–Trinajstić information content (AvgIpc) is 2.75. The summed E-state index contributed by atoms with van der Waals surface area (Å²) >= 11 is 0. The van der Waals surface area contributed by atoms with Crippen molar-refractivity contribution < 1.29 is 78.8 Å². The largest absolute Gasteiger partial charge is 0.508 e. The van der Waals surface area contributed by atoms with E-state index in [1.165, 1.54) is 0 Å². The first kappa shape index (κ1) is 32.7. The van der Waals surface area contributed by atoms with Gasteiger partial charge in [-0.05, 0) is 42.3 Å². The summed E-state index contributed by atoms with van der Waals surface area (Å²) in [6, 6.07) is -0.547. The fraction of sp³-hybridized carbons (Fsp3) is 0.294. The zero-order valence-electron chi connectivity index (χ0n) is 18.5. The molecule has 0 bridgehead atoms. The number of benzene rings is 2. The Kier molecular flexibility index (Phi) is 8.01. The molecule has 2 rings (SSSR count). The summed E-state index contributed by atoms with van der Waals surface area (Å²) < 4.78 is 210. The lowest BCUT2D eigenvalue weighted by atomic mass is 10.0. The minimum Gasteiger partial charge on any atom is -0.508 e. The molecule has 0 saturated carbocycles. The molecule has 0 aliphatic heterocycles. The number of sulfone groups is 1. The number of phenolic OH excluding ortho intramolecular Hbond substituents is 1. The second kappa shape index (κ2) is 9.55. The number of aryl methyl sites for hydroxylation is 1. The molecule has 0 aliphatic carbocycles. The summed E-state index contributed by atoms with van der Waals surface area (Å²) in [4.78, 5) is -4.99. The molecule has 0 amide bonds. The van der Waals surface area contributed by atoms with Crippen LogP contribution in [0.4, 0.5) is 26.3 Å². The third kappa shape index (κ3) is 5.45. The molecule has 0 spiro atoms. The van der Waals surface area contributed by atoms with E-state index in [2.05, 4.69) is 0 Å². The second-order valence-electron chi connectivity index (χ2n) is 7.53. The number of halogens is 6. The molecule has 0 saturated heterocycles. The number of phenols is 1. The first-order chi connectivity index (χ1) is 17.2. The molecule has 2 aromatic carbocycles. The van der Waals surface area contributed by atoms with Crippen molar-refractivity contribution in [2.45, 2.75) is 38.9 Å². The third-order valence-corrected chi connectivity index (χ3v) is 9.51. The third-order valence-electron chi connectivity index (χ3n) is 4.99. The minimum absolute atomic E-state index is 0.120. The van der Waals surface area contributed by atoms with Crippen molar-refractivity contribution in [3.8, 4) is 5.75 Å². The van der Waals surface area contributed by atoms with Gasteiger partial charge in [0.1, 0.15) is 5.75 Å². The van der Waals surface area contributed by atoms with Gasteiger partial charge in [0, 0.05) is 0 Å². The van der Waals surface area contributed by atoms with Crippen LogP contribution in [0.25, 0.3) is 0 Å². The van der Waals surface area contributed by atoms with Crippen LogP contribution in [0.5, 0.6) is 5.75 Å². The van der Waals surface area contributed by atoms with Crippen molar-refractivity contribution in [1.29, 1.82) is 0 Å². The topological polar surface area (TPSA) is 217 Å². The molecule has 4 N–H and O–H groups in total. The van der Waals surface area contributed by atoms with E-state index in [-0.39, 0.29) is 30.3 Å². The Labute approximate surface area is 216 Å². The molecule has 39 heavy (non-hydrogen) atoms. The molecule has 0 fully saturated rings. The standard InChI is InChI=1S/C17H14F6O12S4/c1-2-8-5-11(16(20,21)38(30,31)32)14(12(6-8)17(22,23)39(33,34)35)36(25,26)13-4-3-9(24)7-10(13)15(18,19)37(27,28)29/h3-7,24H,2H2,1H3,(H,27,28,29)(H,30,31,32)(H,33,34,35). The van der Waals surface area contributed by atoms with E-state index in [9.17, 15) is 65.1 Å². The lowest BCUT2D eigenvalue weighted by Crippen LogP contribution is -2.34. The molecule has 22 heteroatoms. The highest BCUT2D eigenvalue weighted by molar-refractivity contribution is 7.92. The van der Waals surface area contributed by atoms with Crippen molar-refractivity contribution in [2.75, 3.05) is 0 Å². The molecular formula is C17H14F6O12S4. The maximum atomic E-state index is 14.9. The number of hydrogen-bond donors (Lipinski definition) is 4. The fourth-order valence-electron chi connectivity index (χ4n) is 3.12. The smallest absolute Gasteiger partial charge is 0.396 e. The van der Waals surface area contributed by atoms with Gasteiger partial charge in [-0.15, -0.1) is 0 Å². The van der Waals surface area contributed by atoms with Gasteiger partial charge < -0.3 is 5.11 Å². The normalized spacial score (nSPS) is 14.4. The van der Waals surface area contributed by atoms with E-state index in [1.807, 2.05) is 0 Å². The van der Waals surface area contributed by atoms with E-state index >= 15 is 0 Å². The molecular weight excluding hydrogens is 638 g/mol. The molecule has 0 aliphatic rings. The van der Waals surface area contributed by atoms with Gasteiger partial charge in [0.2, 0.25) is 9.84 Å². The van der Waals surface area contributed by atoms with Crippen LogP contribution in [0.1, 0.15) is 29.2 Å². The van der Waals surface area contributed by atoms with E-state index in [1.54, 1.807) is 0 Å². The molecule has 12 nitrogen and oxygen atoms in total. The first-order valence-corrected chi connectivity index (χ1v) is 15.3. The van der Waals surface area contributed by atoms with Crippen LogP contribution in [0.2, 0.25) is 0 Å². The monoisotopic (exact) mass is 652 g/mol. The zero-order valence-corrected chi connectivity index (χ0v) is 21.8. The SMILES string of the molecule is CCc1cc(C(F)(F)S(=O)(=O)O)c(S(=O)(=O)c2ccc(O)cc2C(F)(F)S(=O)(=O)O)c(C(F)(F)S(=O)(=O)O)c1. The van der Waals surface area contributed by atoms with E-state index in [4.69, 9.17) is 13.7 Å². The highest BCUT2D eigenvalue weighted by Crippen LogP contribution is 2.49. The Morgan fingerprint density at radius 3 is 1.33 bits per heavy atom. The number of aromatic hydroxyl groups is 1. The summed E-state index contributed by atoms with van der Waals surface area (Å²) in [6.07, 6.45) is -0.630. The van der Waals surface area contributed by atoms with Crippen molar-refractivity contribution >= 4 is 40.2 Å². The molecule has 0 radical (unpaired) electrons. The quantitative estimate of drug-likeness (QED) is 0.227. The molecule has 0 unspecified atom stereocenters. The fourth-order valence-corrected chi connectivity index (χ4v) is 6.54. The van der Waals surface area contributed by atoms with Crippen LogP contribution in [0, 0.1) is 0 Å². The predicted molar refractivity (Wildman–Crippen MR) is 116 cm³/mol. The van der Waals surface area contributed by atoms with Crippen molar-refractivity contribution in [3.63, 3.8) is 0 Å². The highest BCUT2D eigenvalue weighted by Gasteiger charge is 2.57. The maximum absolute atomic E-state index is 14.9. The summed E-state index contributed by atoms with van der Waals surface area (Å²) in [7, 11) is -26.8. The number of rotatable bonds is 9. The predicted octanol–water partition coefficient (Wildman–Crippen LogP) is 2.60. The second-order valence-corrected chi connectivity index (χ2v) is 13.8. The molecule has 2 aromatic rings. The van der Waals surface area contributed by atoms with Crippen LogP contribution < -0.4 is 0 Å². The summed E-state index contributed by atoms with van der Waals surface area (Å²) in [5, 5.41) is -7.99. The maximum Gasteiger partial charge on any atom is 0.396 e. The van der Waals surface area contributed by atoms with Gasteiger partial charge in [0.25, 0.3) is 0 Å². The molecule has 0 aromatic heterocycles. The average molecular weight is 653 g/mol. The minimum atomic E-state index is -6.79. The van der Waals surface area contributed by atoms with Crippen LogP contribution >= 0.6 is 0 Å². The summed E-state index contributed by atoms with van der Waals surface area (Å²) in [6.45, 7) is 1.03. The Morgan fingerprint density at radius 2 is 1.00 bits per heavy atom. The van der Waals surface area contributed by atoms with Gasteiger partial charge in [-0.1, -0.05) is 6.92 Å². The Morgan fingerprint density at radius 1 is 0.641 bits per heavy atom. The van der Waals surface area contributed by atoms with Gasteiger partial charge >= 0.3 is 46.1 Å². The summed E-state index contributed by atoms with van der Waals surface area (Å²) in [5.74, 6) is -1.35. The van der Waals surface area contributed by atoms with E-state index in [0.29, 0.717) is 0 Å². The van der Waals surface area contributed by atoms with Crippen LogP contribution in [0.3, 0.4) is 0 Å². The Bertz CT molecular complexity index is 1700. The van der Waals surface area contributed by atoms with Gasteiger partial charge in [-0.3, -0.25) is 13.7 Å². The van der Waals surface area contributed by atoms with Crippen LogP contribution in [-0.4, -0.2) is 52.4 Å². The lowest BCUT2D eigenvalue weighted by molar-refractivity contribution is 0.0655. The Balaban J connectivity index is 3.38. The van der Waals surface area contributed by atoms with Gasteiger partial charge in [-0.2, -0.15) is 51.6 Å². The number of alkyl halides is 6. The lowest BCUT2D eigenvalue weighted by Gasteiger charge is -2.25. The van der Waals surface area contributed by atoms with Crippen molar-refractivity contribution in [2.24, 2.45) is 0 Å². The van der Waals surface area contributed by atoms with Gasteiger partial charge in [0.05, 0.1) is 26.5 Å². The van der Waals surface area contributed by atoms with Crippen LogP contribution in [0.15, 0.2) is 40.1 Å². The van der Waals surface area contributed by atoms with Crippen LogP contribution in [-0.2, 0) is 62.4 Å². The van der Waals surface area contributed by atoms with Crippen molar-refractivity contribution in [1.82, 2.24) is 0 Å². The molecule has 0 atom stereocenters. The summed E-state index contributed by atoms with van der Waals surface area (Å²) in [5.41, 5.74) is -8.51. The zero-order chi connectivity index (χ0) is 30.8. The molecule has 220 valence electrons. The van der Waals surface area contributed by atoms with E-state index < -0.39 is 100 Å². The Hall–Kier alpha value is -2.50. The van der Waals surface area contributed by atoms with Crippen molar-refractivity contribution in [3.05, 3.63) is 52.6 Å².